The van der Waals surface area contributed by atoms with Gasteiger partial charge in [0.2, 0.25) is 5.89 Å². The van der Waals surface area contributed by atoms with Gasteiger partial charge in [-0.25, -0.2) is 9.18 Å². The zero-order chi connectivity index (χ0) is 15.8. The molecule has 0 N–H and O–H groups in total. The molecule has 0 aliphatic carbocycles. The summed E-state index contributed by atoms with van der Waals surface area (Å²) in [5.74, 6) is -0.862. The molecule has 0 unspecified atom stereocenters. The van der Waals surface area contributed by atoms with Gasteiger partial charge in [0.25, 0.3) is 0 Å². The van der Waals surface area contributed by atoms with Crippen LogP contribution in [0.1, 0.15) is 0 Å². The summed E-state index contributed by atoms with van der Waals surface area (Å²) >= 11 is 0. The van der Waals surface area contributed by atoms with Gasteiger partial charge in [-0.2, -0.15) is 4.68 Å². The van der Waals surface area contributed by atoms with Gasteiger partial charge in [0, 0.05) is 17.1 Å². The number of fused-ring (bicyclic) bond motifs is 1. The van der Waals surface area contributed by atoms with Crippen LogP contribution in [-0.2, 0) is 0 Å². The number of halogens is 1. The number of rotatable bonds is 2. The Balaban J connectivity index is 1.90. The van der Waals surface area contributed by atoms with Gasteiger partial charge in [-0.3, -0.25) is 4.98 Å². The summed E-state index contributed by atoms with van der Waals surface area (Å²) in [6.07, 6.45) is 1.65. The second kappa shape index (κ2) is 5.17. The molecular formula is C17H10FN3O2. The van der Waals surface area contributed by atoms with Crippen LogP contribution in [0.3, 0.4) is 0 Å². The van der Waals surface area contributed by atoms with Gasteiger partial charge in [0.15, 0.2) is 0 Å². The molecule has 2 aromatic heterocycles. The zero-order valence-electron chi connectivity index (χ0n) is 11.8. The van der Waals surface area contributed by atoms with Crippen LogP contribution in [-0.4, -0.2) is 14.8 Å². The van der Waals surface area contributed by atoms with Crippen molar-refractivity contribution >= 4 is 10.9 Å². The van der Waals surface area contributed by atoms with Crippen LogP contribution in [0.15, 0.2) is 70.0 Å². The normalized spacial score (nSPS) is 11.0. The monoisotopic (exact) mass is 307 g/mol. The molecule has 5 nitrogen and oxygen atoms in total. The molecule has 0 spiro atoms. The van der Waals surface area contributed by atoms with Gasteiger partial charge in [-0.1, -0.05) is 18.2 Å². The van der Waals surface area contributed by atoms with Crippen molar-refractivity contribution < 1.29 is 8.81 Å². The number of hydrogen-bond donors (Lipinski definition) is 0. The Morgan fingerprint density at radius 3 is 2.61 bits per heavy atom. The number of nitrogens with zero attached hydrogens (tertiary/aromatic N) is 3. The maximum Gasteiger partial charge on any atom is 0.442 e. The molecule has 0 aliphatic heterocycles. The molecule has 0 saturated heterocycles. The molecule has 0 bridgehead atoms. The van der Waals surface area contributed by atoms with E-state index in [4.69, 9.17) is 4.42 Å². The highest BCUT2D eigenvalue weighted by molar-refractivity contribution is 5.86. The maximum atomic E-state index is 13.0. The van der Waals surface area contributed by atoms with Crippen molar-refractivity contribution in [1.29, 1.82) is 0 Å². The molecule has 0 atom stereocenters. The third kappa shape index (κ3) is 2.30. The summed E-state index contributed by atoms with van der Waals surface area (Å²) in [5.41, 5.74) is 1.71. The molecule has 23 heavy (non-hydrogen) atoms. The maximum absolute atomic E-state index is 13.0. The largest absolute Gasteiger partial charge is 0.442 e. The molecule has 2 aromatic carbocycles. The first-order valence-corrected chi connectivity index (χ1v) is 6.92. The fourth-order valence-corrected chi connectivity index (χ4v) is 2.40. The smallest absolute Gasteiger partial charge is 0.387 e. The predicted molar refractivity (Wildman–Crippen MR) is 82.8 cm³/mol. The van der Waals surface area contributed by atoms with Crippen molar-refractivity contribution in [3.8, 4) is 17.1 Å². The first-order chi connectivity index (χ1) is 11.2. The van der Waals surface area contributed by atoms with Crippen molar-refractivity contribution in [2.45, 2.75) is 0 Å². The standard InChI is InChI=1S/C17H10FN3O2/c18-13-8-6-12(7-9-13)16-20-21(17(22)23-16)14-5-1-3-11-4-2-10-19-15(11)14/h1-10H. The van der Waals surface area contributed by atoms with Crippen LogP contribution in [0.5, 0.6) is 0 Å². The minimum Gasteiger partial charge on any atom is -0.387 e. The molecule has 0 amide bonds. The van der Waals surface area contributed by atoms with Gasteiger partial charge >= 0.3 is 5.76 Å². The molecule has 112 valence electrons. The van der Waals surface area contributed by atoms with Gasteiger partial charge in [-0.15, -0.1) is 5.10 Å². The summed E-state index contributed by atoms with van der Waals surface area (Å²) in [4.78, 5) is 16.5. The second-order valence-corrected chi connectivity index (χ2v) is 4.94. The lowest BCUT2D eigenvalue weighted by molar-refractivity contribution is 0.516. The fraction of sp³-hybridized carbons (Fsp3) is 0. The summed E-state index contributed by atoms with van der Waals surface area (Å²) in [5, 5.41) is 5.10. The summed E-state index contributed by atoms with van der Waals surface area (Å²) in [6.45, 7) is 0. The van der Waals surface area contributed by atoms with Crippen molar-refractivity contribution in [2.75, 3.05) is 0 Å². The first kappa shape index (κ1) is 13.4. The number of benzene rings is 2. The summed E-state index contributed by atoms with van der Waals surface area (Å²) in [7, 11) is 0. The van der Waals surface area contributed by atoms with E-state index in [1.807, 2.05) is 24.3 Å². The summed E-state index contributed by atoms with van der Waals surface area (Å²) in [6, 6.07) is 14.8. The molecule has 0 fully saturated rings. The van der Waals surface area contributed by atoms with Gasteiger partial charge in [-0.05, 0) is 36.4 Å². The molecular weight excluding hydrogens is 297 g/mol. The highest BCUT2D eigenvalue weighted by Gasteiger charge is 2.14. The number of hydrogen-bond acceptors (Lipinski definition) is 4. The molecule has 0 saturated carbocycles. The van der Waals surface area contributed by atoms with Gasteiger partial charge < -0.3 is 4.42 Å². The fourth-order valence-electron chi connectivity index (χ4n) is 2.40. The Hall–Kier alpha value is -3.28. The lowest BCUT2D eigenvalue weighted by Gasteiger charge is -2.02. The number of pyridine rings is 1. The molecule has 0 aliphatic rings. The zero-order valence-corrected chi connectivity index (χ0v) is 11.8. The van der Waals surface area contributed by atoms with Crippen LogP contribution >= 0.6 is 0 Å². The second-order valence-electron chi connectivity index (χ2n) is 4.94. The summed E-state index contributed by atoms with van der Waals surface area (Å²) < 4.78 is 19.4. The average Bonchev–Trinajstić information content (AvgIpc) is 2.96. The average molecular weight is 307 g/mol. The van der Waals surface area contributed by atoms with Crippen LogP contribution in [0.2, 0.25) is 0 Å². The first-order valence-electron chi connectivity index (χ1n) is 6.92. The minimum atomic E-state index is -0.623. The van der Waals surface area contributed by atoms with Crippen molar-refractivity contribution in [3.63, 3.8) is 0 Å². The third-order valence-electron chi connectivity index (χ3n) is 3.48. The third-order valence-corrected chi connectivity index (χ3v) is 3.48. The van der Waals surface area contributed by atoms with Crippen LogP contribution in [0.25, 0.3) is 28.0 Å². The molecule has 4 rings (SSSR count). The minimum absolute atomic E-state index is 0.128. The molecule has 4 aromatic rings. The van der Waals surface area contributed by atoms with Crippen LogP contribution < -0.4 is 5.76 Å². The Morgan fingerprint density at radius 2 is 1.78 bits per heavy atom. The van der Waals surface area contributed by atoms with E-state index >= 15 is 0 Å². The number of aromatic nitrogens is 3. The SMILES string of the molecule is O=c1oc(-c2ccc(F)cc2)nn1-c1cccc2cccnc12. The Bertz CT molecular complexity index is 1050. The predicted octanol–water partition coefficient (Wildman–Crippen LogP) is 3.18. The van der Waals surface area contributed by atoms with E-state index in [9.17, 15) is 9.18 Å². The molecule has 2 heterocycles. The van der Waals surface area contributed by atoms with Gasteiger partial charge in [0.1, 0.15) is 5.82 Å². The highest BCUT2D eigenvalue weighted by Crippen LogP contribution is 2.21. The quantitative estimate of drug-likeness (QED) is 0.570. The van der Waals surface area contributed by atoms with Crippen LogP contribution in [0, 0.1) is 5.82 Å². The highest BCUT2D eigenvalue weighted by atomic mass is 19.1. The van der Waals surface area contributed by atoms with E-state index in [1.165, 1.54) is 24.3 Å². The van der Waals surface area contributed by atoms with E-state index in [0.29, 0.717) is 16.8 Å². The molecule has 6 heteroatoms. The Morgan fingerprint density at radius 1 is 1.00 bits per heavy atom. The lowest BCUT2D eigenvalue weighted by Crippen LogP contribution is -2.14. The topological polar surface area (TPSA) is 60.9 Å². The Kier molecular flexibility index (Phi) is 3.01. The van der Waals surface area contributed by atoms with Crippen molar-refractivity contribution in [2.24, 2.45) is 0 Å². The van der Waals surface area contributed by atoms with Crippen molar-refractivity contribution in [1.82, 2.24) is 14.8 Å². The van der Waals surface area contributed by atoms with E-state index in [2.05, 4.69) is 10.1 Å². The van der Waals surface area contributed by atoms with E-state index < -0.39 is 5.76 Å². The van der Waals surface area contributed by atoms with E-state index in [-0.39, 0.29) is 11.7 Å². The van der Waals surface area contributed by atoms with Gasteiger partial charge in [0.05, 0.1) is 11.2 Å². The lowest BCUT2D eigenvalue weighted by atomic mass is 10.2. The van der Waals surface area contributed by atoms with Crippen molar-refractivity contribution in [3.05, 3.63) is 77.2 Å². The van der Waals surface area contributed by atoms with Crippen LogP contribution in [0.4, 0.5) is 4.39 Å². The number of para-hydroxylation sites is 1. The van der Waals surface area contributed by atoms with E-state index in [0.717, 1.165) is 10.1 Å². The van der Waals surface area contributed by atoms with E-state index in [1.54, 1.807) is 12.3 Å². The Labute approximate surface area is 129 Å². The molecule has 0 radical (unpaired) electrons.